The molecule has 0 aromatic heterocycles. The van der Waals surface area contributed by atoms with Crippen molar-refractivity contribution in [2.45, 2.75) is 26.7 Å². The molecule has 1 rings (SSSR count). The summed E-state index contributed by atoms with van der Waals surface area (Å²) in [6.45, 7) is 3.38. The average molecular weight is 262 g/mol. The third-order valence-electron chi connectivity index (χ3n) is 2.90. The van der Waals surface area contributed by atoms with Crippen LogP contribution in [-0.2, 0) is 16.0 Å². The molecule has 0 spiro atoms. The third-order valence-corrected chi connectivity index (χ3v) is 2.90. The van der Waals surface area contributed by atoms with E-state index in [9.17, 15) is 14.7 Å². The summed E-state index contributed by atoms with van der Waals surface area (Å²) in [5.74, 6) is -2.62. The Morgan fingerprint density at radius 2 is 1.63 bits per heavy atom. The van der Waals surface area contributed by atoms with Gasteiger partial charge in [-0.3, -0.25) is 0 Å². The van der Waals surface area contributed by atoms with Crippen molar-refractivity contribution in [3.63, 3.8) is 0 Å². The zero-order chi connectivity index (χ0) is 14.4. The quantitative estimate of drug-likeness (QED) is 0.773. The van der Waals surface area contributed by atoms with Crippen molar-refractivity contribution in [1.82, 2.24) is 0 Å². The standard InChI is InChI=1S/C15H18O4/c1-10(2)13(15(18)19)12(14(16)17)9-8-11-6-4-3-5-7-11/h3-7,10H,8-9H2,1-2H3,(H,16,17)(H,18,19). The van der Waals surface area contributed by atoms with Gasteiger partial charge in [-0.2, -0.15) is 0 Å². The summed E-state index contributed by atoms with van der Waals surface area (Å²) < 4.78 is 0. The molecule has 0 atom stereocenters. The first-order valence-electron chi connectivity index (χ1n) is 6.17. The van der Waals surface area contributed by atoms with E-state index in [-0.39, 0.29) is 23.5 Å². The summed E-state index contributed by atoms with van der Waals surface area (Å²) in [5.41, 5.74) is 0.976. The van der Waals surface area contributed by atoms with E-state index in [1.807, 2.05) is 30.3 Å². The van der Waals surface area contributed by atoms with Crippen LogP contribution >= 0.6 is 0 Å². The molecular formula is C15H18O4. The minimum atomic E-state index is -1.15. The zero-order valence-corrected chi connectivity index (χ0v) is 11.1. The lowest BCUT2D eigenvalue weighted by Crippen LogP contribution is -2.16. The molecule has 1 aromatic rings. The van der Waals surface area contributed by atoms with Crippen LogP contribution in [0.1, 0.15) is 25.8 Å². The molecule has 0 radical (unpaired) electrons. The predicted octanol–water partition coefficient (Wildman–Crippen LogP) is 2.74. The van der Waals surface area contributed by atoms with Crippen LogP contribution in [0.15, 0.2) is 41.5 Å². The number of aryl methyl sites for hydroxylation is 1. The summed E-state index contributed by atoms with van der Waals surface area (Å²) in [7, 11) is 0. The molecule has 0 amide bonds. The molecule has 4 nitrogen and oxygen atoms in total. The number of carbonyl (C=O) groups is 2. The van der Waals surface area contributed by atoms with E-state index >= 15 is 0 Å². The van der Waals surface area contributed by atoms with Crippen LogP contribution in [0.3, 0.4) is 0 Å². The van der Waals surface area contributed by atoms with E-state index in [2.05, 4.69) is 0 Å². The van der Waals surface area contributed by atoms with E-state index in [0.29, 0.717) is 6.42 Å². The molecule has 0 unspecified atom stereocenters. The van der Waals surface area contributed by atoms with E-state index in [4.69, 9.17) is 5.11 Å². The van der Waals surface area contributed by atoms with Gasteiger partial charge in [0.05, 0.1) is 0 Å². The molecule has 0 fully saturated rings. The Kier molecular flexibility index (Phi) is 5.30. The Labute approximate surface area is 112 Å². The highest BCUT2D eigenvalue weighted by Crippen LogP contribution is 2.20. The summed E-state index contributed by atoms with van der Waals surface area (Å²) >= 11 is 0. The van der Waals surface area contributed by atoms with Crippen molar-refractivity contribution in [1.29, 1.82) is 0 Å². The van der Waals surface area contributed by atoms with E-state index in [1.54, 1.807) is 13.8 Å². The van der Waals surface area contributed by atoms with E-state index in [0.717, 1.165) is 5.56 Å². The number of rotatable bonds is 6. The number of hydrogen-bond donors (Lipinski definition) is 2. The first kappa shape index (κ1) is 15.0. The molecule has 1 aromatic carbocycles. The van der Waals surface area contributed by atoms with Crippen LogP contribution < -0.4 is 0 Å². The van der Waals surface area contributed by atoms with Crippen LogP contribution in [0.5, 0.6) is 0 Å². The summed E-state index contributed by atoms with van der Waals surface area (Å²) in [6.07, 6.45) is 0.741. The van der Waals surface area contributed by atoms with Gasteiger partial charge in [-0.1, -0.05) is 44.2 Å². The Balaban J connectivity index is 2.98. The van der Waals surface area contributed by atoms with Crippen molar-refractivity contribution in [2.24, 2.45) is 5.92 Å². The fourth-order valence-electron chi connectivity index (χ4n) is 2.00. The lowest BCUT2D eigenvalue weighted by molar-refractivity contribution is -0.136. The van der Waals surface area contributed by atoms with Crippen LogP contribution in [0.2, 0.25) is 0 Å². The average Bonchev–Trinajstić information content (AvgIpc) is 2.34. The smallest absolute Gasteiger partial charge is 0.332 e. The van der Waals surface area contributed by atoms with Gasteiger partial charge in [0, 0.05) is 11.1 Å². The third kappa shape index (κ3) is 4.25. The first-order chi connectivity index (χ1) is 8.93. The maximum atomic E-state index is 11.2. The van der Waals surface area contributed by atoms with Gasteiger partial charge in [0.25, 0.3) is 0 Å². The van der Waals surface area contributed by atoms with Gasteiger partial charge in [-0.25, -0.2) is 9.59 Å². The van der Waals surface area contributed by atoms with E-state index < -0.39 is 11.9 Å². The molecule has 0 bridgehead atoms. The second-order valence-corrected chi connectivity index (χ2v) is 4.64. The van der Waals surface area contributed by atoms with Gasteiger partial charge in [0.2, 0.25) is 0 Å². The minimum Gasteiger partial charge on any atom is -0.478 e. The number of hydrogen-bond acceptors (Lipinski definition) is 2. The monoisotopic (exact) mass is 262 g/mol. The fraction of sp³-hybridized carbons (Fsp3) is 0.333. The van der Waals surface area contributed by atoms with Gasteiger partial charge in [0.1, 0.15) is 0 Å². The first-order valence-corrected chi connectivity index (χ1v) is 6.17. The second-order valence-electron chi connectivity index (χ2n) is 4.64. The normalized spacial score (nSPS) is 12.2. The van der Waals surface area contributed by atoms with Gasteiger partial charge in [-0.15, -0.1) is 0 Å². The molecule has 0 aliphatic heterocycles. The minimum absolute atomic E-state index is 0.00801. The molecule has 2 N–H and O–H groups in total. The SMILES string of the molecule is CC(C)C(C(=O)O)=C(CCc1ccccc1)C(=O)O. The number of benzene rings is 1. The van der Waals surface area contributed by atoms with Crippen molar-refractivity contribution in [2.75, 3.05) is 0 Å². The molecule has 0 aliphatic carbocycles. The lowest BCUT2D eigenvalue weighted by atomic mass is 9.93. The van der Waals surface area contributed by atoms with Crippen molar-refractivity contribution in [3.8, 4) is 0 Å². The Hall–Kier alpha value is -2.10. The summed E-state index contributed by atoms with van der Waals surface area (Å²) in [4.78, 5) is 22.4. The van der Waals surface area contributed by atoms with Crippen molar-refractivity contribution >= 4 is 11.9 Å². The van der Waals surface area contributed by atoms with Crippen LogP contribution in [0, 0.1) is 5.92 Å². The van der Waals surface area contributed by atoms with Gasteiger partial charge < -0.3 is 10.2 Å². The van der Waals surface area contributed by atoms with E-state index in [1.165, 1.54) is 0 Å². The highest BCUT2D eigenvalue weighted by Gasteiger charge is 2.22. The summed E-state index contributed by atoms with van der Waals surface area (Å²) in [5, 5.41) is 18.3. The largest absolute Gasteiger partial charge is 0.478 e. The van der Waals surface area contributed by atoms with Gasteiger partial charge in [0.15, 0.2) is 0 Å². The molecule has 4 heteroatoms. The van der Waals surface area contributed by atoms with Gasteiger partial charge in [-0.05, 0) is 24.3 Å². The maximum absolute atomic E-state index is 11.2. The molecule has 0 aliphatic rings. The Bertz CT molecular complexity index is 486. The van der Waals surface area contributed by atoms with Crippen molar-refractivity contribution < 1.29 is 19.8 Å². The highest BCUT2D eigenvalue weighted by molar-refractivity contribution is 5.99. The predicted molar refractivity (Wildman–Crippen MR) is 71.9 cm³/mol. The number of aliphatic carboxylic acids is 2. The topological polar surface area (TPSA) is 74.6 Å². The number of carboxylic acids is 2. The molecular weight excluding hydrogens is 244 g/mol. The van der Waals surface area contributed by atoms with Crippen molar-refractivity contribution in [3.05, 3.63) is 47.0 Å². The summed E-state index contributed by atoms with van der Waals surface area (Å²) in [6, 6.07) is 9.43. The lowest BCUT2D eigenvalue weighted by Gasteiger charge is -2.12. The Morgan fingerprint density at radius 3 is 2.05 bits per heavy atom. The van der Waals surface area contributed by atoms with Crippen LogP contribution in [-0.4, -0.2) is 22.2 Å². The zero-order valence-electron chi connectivity index (χ0n) is 11.1. The molecule has 0 saturated carbocycles. The maximum Gasteiger partial charge on any atom is 0.332 e. The molecule has 0 saturated heterocycles. The second kappa shape index (κ2) is 6.73. The Morgan fingerprint density at radius 1 is 1.05 bits per heavy atom. The van der Waals surface area contributed by atoms with Crippen LogP contribution in [0.4, 0.5) is 0 Å². The molecule has 0 heterocycles. The molecule has 19 heavy (non-hydrogen) atoms. The fourth-order valence-corrected chi connectivity index (χ4v) is 2.00. The van der Waals surface area contributed by atoms with Gasteiger partial charge >= 0.3 is 11.9 Å². The van der Waals surface area contributed by atoms with Crippen LogP contribution in [0.25, 0.3) is 0 Å². The molecule has 102 valence electrons. The highest BCUT2D eigenvalue weighted by atomic mass is 16.4. The number of carboxylic acid groups (broad SMARTS) is 2.